The molecule has 0 saturated carbocycles. The third-order valence-electron chi connectivity index (χ3n) is 4.82. The van der Waals surface area contributed by atoms with Crippen LogP contribution < -0.4 is 15.1 Å². The van der Waals surface area contributed by atoms with E-state index in [0.717, 1.165) is 18.8 Å². The molecule has 27 heavy (non-hydrogen) atoms. The van der Waals surface area contributed by atoms with Gasteiger partial charge in [0.2, 0.25) is 11.9 Å². The number of anilines is 4. The number of carbonyl (C=O) groups is 1. The fraction of sp³-hybridized carbons (Fsp3) is 0.474. The van der Waals surface area contributed by atoms with Gasteiger partial charge in [-0.25, -0.2) is 0 Å². The number of benzene rings is 1. The van der Waals surface area contributed by atoms with Gasteiger partial charge in [-0.2, -0.15) is 10.1 Å². The van der Waals surface area contributed by atoms with Gasteiger partial charge < -0.3 is 20.0 Å². The van der Waals surface area contributed by atoms with E-state index in [4.69, 9.17) is 0 Å². The second-order valence-electron chi connectivity index (χ2n) is 6.48. The summed E-state index contributed by atoms with van der Waals surface area (Å²) in [5, 5.41) is 11.5. The number of aromatic nitrogens is 3. The zero-order valence-electron chi connectivity index (χ0n) is 16.2. The zero-order chi connectivity index (χ0) is 19.2. The van der Waals surface area contributed by atoms with Crippen LogP contribution in [-0.4, -0.2) is 65.3 Å². The van der Waals surface area contributed by atoms with Crippen LogP contribution in [0.3, 0.4) is 0 Å². The number of piperazine rings is 1. The molecule has 2 heterocycles. The van der Waals surface area contributed by atoms with E-state index in [9.17, 15) is 4.79 Å². The first-order valence-electron chi connectivity index (χ1n) is 9.43. The number of rotatable bonds is 6. The topological polar surface area (TPSA) is 77.5 Å². The molecule has 0 unspecified atom stereocenters. The van der Waals surface area contributed by atoms with Gasteiger partial charge in [0.15, 0.2) is 5.82 Å². The minimum atomic E-state index is 0.109. The Morgan fingerprint density at radius 1 is 1.11 bits per heavy atom. The highest BCUT2D eigenvalue weighted by molar-refractivity contribution is 5.73. The maximum Gasteiger partial charge on any atom is 0.247 e. The summed E-state index contributed by atoms with van der Waals surface area (Å²) in [5.74, 6) is 1.35. The van der Waals surface area contributed by atoms with Crippen LogP contribution in [0.25, 0.3) is 0 Å². The predicted molar refractivity (Wildman–Crippen MR) is 108 cm³/mol. The summed E-state index contributed by atoms with van der Waals surface area (Å²) in [5.41, 5.74) is 2.16. The molecule has 1 amide bonds. The van der Waals surface area contributed by atoms with Crippen molar-refractivity contribution in [1.29, 1.82) is 0 Å². The quantitative estimate of drug-likeness (QED) is 0.836. The summed E-state index contributed by atoms with van der Waals surface area (Å²) in [6.45, 7) is 10.7. The molecule has 0 aliphatic carbocycles. The average molecular weight is 369 g/mol. The van der Waals surface area contributed by atoms with Crippen LogP contribution in [0, 0.1) is 0 Å². The van der Waals surface area contributed by atoms with Crippen LogP contribution in [0.5, 0.6) is 0 Å². The standard InChI is InChI=1S/C19H27N7O/c1-4-24(5-2)17-8-6-16(7-9-17)21-18-14-20-23-19(22-18)26-12-10-25(11-13-26)15(3)27/h6-9,14H,4-5,10-13H2,1-3H3,(H,21,22,23). The Hall–Kier alpha value is -2.90. The fourth-order valence-corrected chi connectivity index (χ4v) is 3.20. The number of hydrogen-bond acceptors (Lipinski definition) is 7. The van der Waals surface area contributed by atoms with Crippen molar-refractivity contribution in [2.75, 3.05) is 54.4 Å². The van der Waals surface area contributed by atoms with Crippen LogP contribution >= 0.6 is 0 Å². The molecular weight excluding hydrogens is 342 g/mol. The minimum absolute atomic E-state index is 0.109. The molecule has 1 N–H and O–H groups in total. The molecule has 1 aliphatic rings. The molecular formula is C19H27N7O. The Kier molecular flexibility index (Phi) is 6.05. The normalized spacial score (nSPS) is 14.2. The van der Waals surface area contributed by atoms with Crippen molar-refractivity contribution in [3.05, 3.63) is 30.5 Å². The SMILES string of the molecule is CCN(CC)c1ccc(Nc2cnnc(N3CCN(C(C)=O)CC3)n2)cc1. The van der Waals surface area contributed by atoms with Crippen LogP contribution in [-0.2, 0) is 4.79 Å². The second kappa shape index (κ2) is 8.66. The first-order valence-corrected chi connectivity index (χ1v) is 9.43. The molecule has 1 aromatic carbocycles. The van der Waals surface area contributed by atoms with Crippen molar-refractivity contribution < 1.29 is 4.79 Å². The maximum atomic E-state index is 11.5. The predicted octanol–water partition coefficient (Wildman–Crippen LogP) is 2.13. The summed E-state index contributed by atoms with van der Waals surface area (Å²) in [6.07, 6.45) is 1.62. The Morgan fingerprint density at radius 3 is 2.37 bits per heavy atom. The zero-order valence-corrected chi connectivity index (χ0v) is 16.2. The largest absolute Gasteiger partial charge is 0.372 e. The summed E-state index contributed by atoms with van der Waals surface area (Å²) in [7, 11) is 0. The molecule has 2 aromatic rings. The Bertz CT molecular complexity index is 753. The van der Waals surface area contributed by atoms with Crippen LogP contribution in [0.2, 0.25) is 0 Å². The summed E-state index contributed by atoms with van der Waals surface area (Å²) >= 11 is 0. The van der Waals surface area contributed by atoms with Gasteiger partial charge in [-0.3, -0.25) is 4.79 Å². The number of hydrogen-bond donors (Lipinski definition) is 1. The lowest BCUT2D eigenvalue weighted by Crippen LogP contribution is -2.48. The van der Waals surface area contributed by atoms with Gasteiger partial charge in [-0.1, -0.05) is 0 Å². The maximum absolute atomic E-state index is 11.5. The van der Waals surface area contributed by atoms with Crippen molar-refractivity contribution in [2.24, 2.45) is 0 Å². The van der Waals surface area contributed by atoms with E-state index in [1.165, 1.54) is 5.69 Å². The van der Waals surface area contributed by atoms with E-state index in [2.05, 4.69) is 56.3 Å². The average Bonchev–Trinajstić information content (AvgIpc) is 2.70. The van der Waals surface area contributed by atoms with E-state index < -0.39 is 0 Å². The third-order valence-corrected chi connectivity index (χ3v) is 4.82. The van der Waals surface area contributed by atoms with Crippen molar-refractivity contribution in [3.8, 4) is 0 Å². The lowest BCUT2D eigenvalue weighted by molar-refractivity contribution is -0.129. The number of nitrogens with zero attached hydrogens (tertiary/aromatic N) is 6. The summed E-state index contributed by atoms with van der Waals surface area (Å²) in [4.78, 5) is 22.2. The molecule has 3 rings (SSSR count). The van der Waals surface area contributed by atoms with E-state index in [0.29, 0.717) is 37.9 Å². The van der Waals surface area contributed by atoms with E-state index in [-0.39, 0.29) is 5.91 Å². The molecule has 0 atom stereocenters. The molecule has 144 valence electrons. The molecule has 0 bridgehead atoms. The van der Waals surface area contributed by atoms with Crippen molar-refractivity contribution >= 4 is 29.0 Å². The molecule has 1 fully saturated rings. The Balaban J connectivity index is 1.65. The molecule has 1 saturated heterocycles. The van der Waals surface area contributed by atoms with Crippen molar-refractivity contribution in [3.63, 3.8) is 0 Å². The monoisotopic (exact) mass is 369 g/mol. The van der Waals surface area contributed by atoms with Gasteiger partial charge in [-0.05, 0) is 38.1 Å². The second-order valence-corrected chi connectivity index (χ2v) is 6.48. The molecule has 1 aliphatic heterocycles. The van der Waals surface area contributed by atoms with Gasteiger partial charge in [-0.15, -0.1) is 5.10 Å². The summed E-state index contributed by atoms with van der Waals surface area (Å²) in [6, 6.07) is 8.29. The molecule has 0 spiro atoms. The molecule has 0 radical (unpaired) electrons. The number of carbonyl (C=O) groups excluding carboxylic acids is 1. The van der Waals surface area contributed by atoms with E-state index >= 15 is 0 Å². The van der Waals surface area contributed by atoms with Gasteiger partial charge >= 0.3 is 0 Å². The Morgan fingerprint density at radius 2 is 1.78 bits per heavy atom. The molecule has 1 aromatic heterocycles. The first-order chi connectivity index (χ1) is 13.1. The Labute approximate surface area is 160 Å². The fourth-order valence-electron chi connectivity index (χ4n) is 3.20. The minimum Gasteiger partial charge on any atom is -0.372 e. The first kappa shape index (κ1) is 18.9. The lowest BCUT2D eigenvalue weighted by Gasteiger charge is -2.33. The highest BCUT2D eigenvalue weighted by Gasteiger charge is 2.20. The van der Waals surface area contributed by atoms with Crippen molar-refractivity contribution in [1.82, 2.24) is 20.1 Å². The summed E-state index contributed by atoms with van der Waals surface area (Å²) < 4.78 is 0. The van der Waals surface area contributed by atoms with Crippen LogP contribution in [0.1, 0.15) is 20.8 Å². The van der Waals surface area contributed by atoms with E-state index in [1.807, 2.05) is 17.0 Å². The molecule has 8 heteroatoms. The van der Waals surface area contributed by atoms with Crippen molar-refractivity contribution in [2.45, 2.75) is 20.8 Å². The lowest BCUT2D eigenvalue weighted by atomic mass is 10.2. The smallest absolute Gasteiger partial charge is 0.247 e. The third kappa shape index (κ3) is 4.64. The van der Waals surface area contributed by atoms with Gasteiger partial charge in [0, 0.05) is 57.6 Å². The highest BCUT2D eigenvalue weighted by Crippen LogP contribution is 2.21. The molecule has 8 nitrogen and oxygen atoms in total. The van der Waals surface area contributed by atoms with E-state index in [1.54, 1.807) is 13.1 Å². The number of amides is 1. The van der Waals surface area contributed by atoms with Gasteiger partial charge in [0.25, 0.3) is 0 Å². The van der Waals surface area contributed by atoms with Crippen LogP contribution in [0.4, 0.5) is 23.1 Å². The van der Waals surface area contributed by atoms with Gasteiger partial charge in [0.05, 0.1) is 6.20 Å². The van der Waals surface area contributed by atoms with Gasteiger partial charge in [0.1, 0.15) is 0 Å². The number of nitrogens with one attached hydrogen (secondary N) is 1. The van der Waals surface area contributed by atoms with Crippen LogP contribution in [0.15, 0.2) is 30.5 Å². The highest BCUT2D eigenvalue weighted by atomic mass is 16.2.